The largest absolute Gasteiger partial charge is 0.355 e. The molecule has 36 heavy (non-hydrogen) atoms. The number of carbonyl (C=O) groups is 1. The Morgan fingerprint density at radius 3 is 2.36 bits per heavy atom. The second-order valence-corrected chi connectivity index (χ2v) is 7.67. The van der Waals surface area contributed by atoms with E-state index in [0.717, 1.165) is 16.5 Å². The Kier molecular flexibility index (Phi) is 6.95. The van der Waals surface area contributed by atoms with E-state index in [9.17, 15) is 25.0 Å². The van der Waals surface area contributed by atoms with Gasteiger partial charge in [0.05, 0.1) is 22.0 Å². The quantitative estimate of drug-likeness (QED) is 0.260. The average Bonchev–Trinajstić information content (AvgIpc) is 2.88. The maximum atomic E-state index is 12.4. The summed E-state index contributed by atoms with van der Waals surface area (Å²) >= 11 is 0. The standard InChI is InChI=1S/C24H21N7O5/c1-2-29(20-9-5-7-17-6-3-4-8-19(17)20)24-22(31(35)36)23(25-15-26-24)28-27-21(32)14-16-10-12-18(13-11-16)30(33)34/h3-13,15H,2,14H2,1H3,(H,27,32)(H,25,26,28). The maximum absolute atomic E-state index is 12.4. The fraction of sp³-hybridized carbons (Fsp3) is 0.125. The summed E-state index contributed by atoms with van der Waals surface area (Å²) < 4.78 is 0. The Morgan fingerprint density at radius 1 is 0.944 bits per heavy atom. The van der Waals surface area contributed by atoms with Crippen LogP contribution in [-0.2, 0) is 11.2 Å². The van der Waals surface area contributed by atoms with Gasteiger partial charge in [0.25, 0.3) is 5.69 Å². The lowest BCUT2D eigenvalue weighted by Crippen LogP contribution is -2.32. The van der Waals surface area contributed by atoms with Crippen LogP contribution in [-0.4, -0.2) is 32.3 Å². The number of nitro benzene ring substituents is 1. The lowest BCUT2D eigenvalue weighted by molar-refractivity contribution is -0.384. The summed E-state index contributed by atoms with van der Waals surface area (Å²) in [6.07, 6.45) is 1.08. The highest BCUT2D eigenvalue weighted by Crippen LogP contribution is 2.38. The van der Waals surface area contributed by atoms with Gasteiger partial charge in [-0.3, -0.25) is 35.9 Å². The minimum absolute atomic E-state index is 0.0703. The van der Waals surface area contributed by atoms with Gasteiger partial charge in [-0.25, -0.2) is 9.97 Å². The van der Waals surface area contributed by atoms with Gasteiger partial charge in [-0.05, 0) is 23.9 Å². The van der Waals surface area contributed by atoms with Crippen molar-refractivity contribution >= 4 is 45.4 Å². The molecule has 12 heteroatoms. The van der Waals surface area contributed by atoms with Crippen molar-refractivity contribution < 1.29 is 14.6 Å². The van der Waals surface area contributed by atoms with E-state index >= 15 is 0 Å². The van der Waals surface area contributed by atoms with Crippen LogP contribution in [0.1, 0.15) is 12.5 Å². The smallest absolute Gasteiger partial charge is 0.320 e. The molecule has 4 aromatic rings. The highest BCUT2D eigenvalue weighted by molar-refractivity contribution is 5.96. The SMILES string of the molecule is CCN(c1ncnc(NNC(=O)Cc2ccc([N+](=O)[O-])cc2)c1[N+](=O)[O-])c1cccc2ccccc12. The summed E-state index contributed by atoms with van der Waals surface area (Å²) in [6.45, 7) is 2.24. The minimum atomic E-state index is -0.603. The van der Waals surface area contributed by atoms with Crippen molar-refractivity contribution in [1.82, 2.24) is 15.4 Å². The number of nitrogens with one attached hydrogen (secondary N) is 2. The topological polar surface area (TPSA) is 156 Å². The molecule has 3 aromatic carbocycles. The minimum Gasteiger partial charge on any atom is -0.320 e. The van der Waals surface area contributed by atoms with Gasteiger partial charge < -0.3 is 4.90 Å². The average molecular weight is 487 g/mol. The molecule has 0 aliphatic rings. The van der Waals surface area contributed by atoms with Gasteiger partial charge in [0.1, 0.15) is 6.33 Å². The first-order valence-corrected chi connectivity index (χ1v) is 10.9. The van der Waals surface area contributed by atoms with Crippen LogP contribution in [0.2, 0.25) is 0 Å². The Balaban J connectivity index is 1.59. The summed E-state index contributed by atoms with van der Waals surface area (Å²) in [5.74, 6) is -0.624. The Hall–Kier alpha value is -5.13. The molecule has 0 atom stereocenters. The van der Waals surface area contributed by atoms with Crippen molar-refractivity contribution in [1.29, 1.82) is 0 Å². The molecule has 0 aliphatic heterocycles. The first kappa shape index (κ1) is 24.0. The second-order valence-electron chi connectivity index (χ2n) is 7.67. The molecule has 0 spiro atoms. The van der Waals surface area contributed by atoms with Gasteiger partial charge in [-0.1, -0.05) is 48.5 Å². The molecule has 2 N–H and O–H groups in total. The lowest BCUT2D eigenvalue weighted by atomic mass is 10.1. The third-order valence-corrected chi connectivity index (χ3v) is 5.45. The van der Waals surface area contributed by atoms with Crippen molar-refractivity contribution in [3.63, 3.8) is 0 Å². The highest BCUT2D eigenvalue weighted by atomic mass is 16.6. The number of nitro groups is 2. The summed E-state index contributed by atoms with van der Waals surface area (Å²) in [5, 5.41) is 24.7. The van der Waals surface area contributed by atoms with Crippen LogP contribution in [0.4, 0.5) is 28.7 Å². The molecule has 1 aromatic heterocycles. The van der Waals surface area contributed by atoms with E-state index in [2.05, 4.69) is 20.8 Å². The number of hydrazine groups is 1. The first-order valence-electron chi connectivity index (χ1n) is 10.9. The normalized spacial score (nSPS) is 10.6. The Morgan fingerprint density at radius 2 is 1.67 bits per heavy atom. The van der Waals surface area contributed by atoms with Crippen molar-refractivity contribution in [2.75, 3.05) is 16.9 Å². The predicted molar refractivity (Wildman–Crippen MR) is 134 cm³/mol. The van der Waals surface area contributed by atoms with Gasteiger partial charge in [0.15, 0.2) is 0 Å². The molecule has 0 saturated heterocycles. The first-order chi connectivity index (χ1) is 17.4. The number of rotatable bonds is 9. The number of carbonyl (C=O) groups excluding carboxylic acids is 1. The zero-order valence-corrected chi connectivity index (χ0v) is 19.1. The van der Waals surface area contributed by atoms with Crippen molar-refractivity contribution in [2.24, 2.45) is 0 Å². The molecule has 1 amide bonds. The van der Waals surface area contributed by atoms with Crippen LogP contribution in [0, 0.1) is 20.2 Å². The lowest BCUT2D eigenvalue weighted by Gasteiger charge is -2.24. The third-order valence-electron chi connectivity index (χ3n) is 5.45. The number of hydrogen-bond donors (Lipinski definition) is 2. The van der Waals surface area contributed by atoms with Gasteiger partial charge in [0, 0.05) is 24.1 Å². The number of amides is 1. The van der Waals surface area contributed by atoms with Crippen LogP contribution < -0.4 is 15.8 Å². The molecule has 0 aliphatic carbocycles. The van der Waals surface area contributed by atoms with Gasteiger partial charge in [-0.15, -0.1) is 0 Å². The molecule has 0 fully saturated rings. The molecule has 12 nitrogen and oxygen atoms in total. The number of fused-ring (bicyclic) bond motifs is 1. The van der Waals surface area contributed by atoms with Crippen molar-refractivity contribution in [3.05, 3.63) is 98.8 Å². The van der Waals surface area contributed by atoms with E-state index in [-0.39, 0.29) is 23.7 Å². The fourth-order valence-corrected chi connectivity index (χ4v) is 3.80. The molecular formula is C24H21N7O5. The summed E-state index contributed by atoms with van der Waals surface area (Å²) in [6, 6.07) is 18.9. The molecule has 0 radical (unpaired) electrons. The molecule has 0 saturated carbocycles. The number of non-ortho nitro benzene ring substituents is 1. The summed E-state index contributed by atoms with van der Waals surface area (Å²) in [4.78, 5) is 44.0. The number of nitrogens with zero attached hydrogens (tertiary/aromatic N) is 5. The van der Waals surface area contributed by atoms with E-state index in [1.54, 1.807) is 4.90 Å². The molecular weight excluding hydrogens is 466 g/mol. The predicted octanol–water partition coefficient (Wildman–Crippen LogP) is 4.29. The molecule has 1 heterocycles. The Bertz CT molecular complexity index is 1440. The fourth-order valence-electron chi connectivity index (χ4n) is 3.80. The number of aromatic nitrogens is 2. The van der Waals surface area contributed by atoms with E-state index in [0.29, 0.717) is 12.1 Å². The summed E-state index contributed by atoms with van der Waals surface area (Å²) in [5.41, 5.74) is 5.71. The van der Waals surface area contributed by atoms with Gasteiger partial charge in [0.2, 0.25) is 17.5 Å². The van der Waals surface area contributed by atoms with Crippen molar-refractivity contribution in [2.45, 2.75) is 13.3 Å². The number of hydrogen-bond acceptors (Lipinski definition) is 9. The van der Waals surface area contributed by atoms with Crippen LogP contribution in [0.3, 0.4) is 0 Å². The van der Waals surface area contributed by atoms with E-state index in [4.69, 9.17) is 0 Å². The van der Waals surface area contributed by atoms with Gasteiger partial charge >= 0.3 is 5.69 Å². The van der Waals surface area contributed by atoms with Crippen LogP contribution in [0.15, 0.2) is 73.1 Å². The third kappa shape index (κ3) is 5.01. The van der Waals surface area contributed by atoms with Crippen LogP contribution in [0.25, 0.3) is 10.8 Å². The van der Waals surface area contributed by atoms with Crippen LogP contribution in [0.5, 0.6) is 0 Å². The molecule has 0 bridgehead atoms. The zero-order chi connectivity index (χ0) is 25.7. The molecule has 4 rings (SSSR count). The maximum Gasteiger partial charge on any atom is 0.355 e. The molecule has 182 valence electrons. The van der Waals surface area contributed by atoms with Crippen molar-refractivity contribution in [3.8, 4) is 0 Å². The monoisotopic (exact) mass is 487 g/mol. The second kappa shape index (κ2) is 10.4. The van der Waals surface area contributed by atoms with Crippen LogP contribution >= 0.6 is 0 Å². The molecule has 0 unspecified atom stereocenters. The van der Waals surface area contributed by atoms with E-state index < -0.39 is 21.4 Å². The van der Waals surface area contributed by atoms with E-state index in [1.807, 2.05) is 49.4 Å². The van der Waals surface area contributed by atoms with Gasteiger partial charge in [-0.2, -0.15) is 0 Å². The summed E-state index contributed by atoms with van der Waals surface area (Å²) in [7, 11) is 0. The Labute approximate surface area is 204 Å². The zero-order valence-electron chi connectivity index (χ0n) is 19.1. The number of benzene rings is 3. The van der Waals surface area contributed by atoms with E-state index in [1.165, 1.54) is 30.6 Å². The number of anilines is 3. The highest BCUT2D eigenvalue weighted by Gasteiger charge is 2.28.